The molecule has 1 heterocycles. The van der Waals surface area contributed by atoms with Gasteiger partial charge in [0, 0.05) is 6.04 Å². The maximum atomic E-state index is 11.3. The van der Waals surface area contributed by atoms with Gasteiger partial charge in [0.2, 0.25) is 0 Å². The second-order valence-corrected chi connectivity index (χ2v) is 5.23. The zero-order valence-electron chi connectivity index (χ0n) is 9.94. The van der Waals surface area contributed by atoms with Gasteiger partial charge in [-0.05, 0) is 48.8 Å². The zero-order chi connectivity index (χ0) is 12.0. The lowest BCUT2D eigenvalue weighted by Crippen LogP contribution is -2.41. The second-order valence-electron chi connectivity index (χ2n) is 5.23. The Morgan fingerprint density at radius 1 is 1.35 bits per heavy atom. The highest BCUT2D eigenvalue weighted by Crippen LogP contribution is 2.44. The molecule has 1 aromatic rings. The second kappa shape index (κ2) is 3.84. The first-order chi connectivity index (χ1) is 8.16. The summed E-state index contributed by atoms with van der Waals surface area (Å²) in [6.07, 6.45) is 3.47. The largest absolute Gasteiger partial charge is 0.480 e. The molecular weight excluding hydrogens is 214 g/mol. The van der Waals surface area contributed by atoms with Crippen molar-refractivity contribution in [3.8, 4) is 0 Å². The summed E-state index contributed by atoms with van der Waals surface area (Å²) < 4.78 is 0. The molecule has 2 N–H and O–H groups in total. The van der Waals surface area contributed by atoms with Gasteiger partial charge in [-0.25, -0.2) is 0 Å². The summed E-state index contributed by atoms with van der Waals surface area (Å²) in [4.78, 5) is 11.3. The van der Waals surface area contributed by atoms with Crippen LogP contribution < -0.4 is 5.32 Å². The molecule has 1 aromatic carbocycles. The summed E-state index contributed by atoms with van der Waals surface area (Å²) in [6.45, 7) is 2.06. The standard InChI is InChI=1S/C14H17NO2/c1-8-7-12-10(9-5-6-9)3-2-4-11(12)13(15-8)14(16)17/h2-4,8-9,13,15H,5-7H2,1H3,(H,16,17). The van der Waals surface area contributed by atoms with E-state index in [0.717, 1.165) is 12.0 Å². The fourth-order valence-corrected chi connectivity index (χ4v) is 2.85. The number of aliphatic carboxylic acids is 1. The van der Waals surface area contributed by atoms with E-state index >= 15 is 0 Å². The Balaban J connectivity index is 2.08. The van der Waals surface area contributed by atoms with Gasteiger partial charge >= 0.3 is 5.97 Å². The van der Waals surface area contributed by atoms with Crippen molar-refractivity contribution in [3.05, 3.63) is 34.9 Å². The molecule has 3 heteroatoms. The molecule has 17 heavy (non-hydrogen) atoms. The van der Waals surface area contributed by atoms with Gasteiger partial charge in [-0.2, -0.15) is 0 Å². The van der Waals surface area contributed by atoms with E-state index in [-0.39, 0.29) is 6.04 Å². The summed E-state index contributed by atoms with van der Waals surface area (Å²) in [7, 11) is 0. The molecule has 0 amide bonds. The van der Waals surface area contributed by atoms with E-state index in [1.165, 1.54) is 24.0 Å². The van der Waals surface area contributed by atoms with Crippen LogP contribution in [0.1, 0.15) is 48.4 Å². The van der Waals surface area contributed by atoms with Crippen LogP contribution in [0.25, 0.3) is 0 Å². The molecule has 0 aromatic heterocycles. The van der Waals surface area contributed by atoms with Gasteiger partial charge in [0.1, 0.15) is 6.04 Å². The molecule has 90 valence electrons. The zero-order valence-corrected chi connectivity index (χ0v) is 9.94. The quantitative estimate of drug-likeness (QED) is 0.820. The van der Waals surface area contributed by atoms with Gasteiger partial charge in [0.05, 0.1) is 0 Å². The minimum Gasteiger partial charge on any atom is -0.480 e. The van der Waals surface area contributed by atoms with E-state index in [1.54, 1.807) is 0 Å². The minimum absolute atomic E-state index is 0.239. The highest BCUT2D eigenvalue weighted by atomic mass is 16.4. The summed E-state index contributed by atoms with van der Waals surface area (Å²) in [5, 5.41) is 12.4. The fourth-order valence-electron chi connectivity index (χ4n) is 2.85. The molecule has 0 saturated heterocycles. The van der Waals surface area contributed by atoms with Crippen molar-refractivity contribution in [3.63, 3.8) is 0 Å². The number of hydrogen-bond donors (Lipinski definition) is 2. The van der Waals surface area contributed by atoms with Crippen LogP contribution in [0.4, 0.5) is 0 Å². The van der Waals surface area contributed by atoms with E-state index in [9.17, 15) is 9.90 Å². The average molecular weight is 231 g/mol. The van der Waals surface area contributed by atoms with E-state index < -0.39 is 12.0 Å². The normalized spacial score (nSPS) is 27.6. The fraction of sp³-hybridized carbons (Fsp3) is 0.500. The average Bonchev–Trinajstić information content (AvgIpc) is 3.11. The van der Waals surface area contributed by atoms with E-state index in [1.807, 2.05) is 12.1 Å². The summed E-state index contributed by atoms with van der Waals surface area (Å²) in [6, 6.07) is 5.84. The predicted octanol–water partition coefficient (Wildman–Crippen LogP) is 2.22. The highest BCUT2D eigenvalue weighted by Gasteiger charge is 2.34. The van der Waals surface area contributed by atoms with Crippen LogP contribution in [0.3, 0.4) is 0 Å². The minimum atomic E-state index is -0.772. The molecule has 1 aliphatic heterocycles. The van der Waals surface area contributed by atoms with E-state index in [2.05, 4.69) is 18.3 Å². The van der Waals surface area contributed by atoms with Crippen molar-refractivity contribution in [2.75, 3.05) is 0 Å². The molecule has 3 nitrogen and oxygen atoms in total. The first kappa shape index (κ1) is 10.8. The number of fused-ring (bicyclic) bond motifs is 1. The smallest absolute Gasteiger partial charge is 0.325 e. The third-order valence-corrected chi connectivity index (χ3v) is 3.79. The number of hydrogen-bond acceptors (Lipinski definition) is 2. The maximum Gasteiger partial charge on any atom is 0.325 e. The summed E-state index contributed by atoms with van der Waals surface area (Å²) in [5.74, 6) is -0.0876. The van der Waals surface area contributed by atoms with Crippen LogP contribution in [0.15, 0.2) is 18.2 Å². The van der Waals surface area contributed by atoms with Crippen molar-refractivity contribution in [2.24, 2.45) is 0 Å². The Bertz CT molecular complexity index is 465. The van der Waals surface area contributed by atoms with Gasteiger partial charge in [-0.15, -0.1) is 0 Å². The topological polar surface area (TPSA) is 49.3 Å². The van der Waals surface area contributed by atoms with E-state index in [0.29, 0.717) is 5.92 Å². The van der Waals surface area contributed by atoms with Gasteiger partial charge in [-0.1, -0.05) is 18.2 Å². The SMILES string of the molecule is CC1Cc2c(C3CC3)cccc2C(C(=O)O)N1. The monoisotopic (exact) mass is 231 g/mol. The lowest BCUT2D eigenvalue weighted by molar-refractivity contribution is -0.140. The molecule has 2 unspecified atom stereocenters. The molecule has 1 saturated carbocycles. The molecule has 0 spiro atoms. The molecule has 0 radical (unpaired) electrons. The Hall–Kier alpha value is -1.35. The van der Waals surface area contributed by atoms with Crippen molar-refractivity contribution in [2.45, 2.75) is 44.2 Å². The van der Waals surface area contributed by atoms with Gasteiger partial charge in [-0.3, -0.25) is 10.1 Å². The van der Waals surface area contributed by atoms with Gasteiger partial charge in [0.25, 0.3) is 0 Å². The molecule has 3 rings (SSSR count). The summed E-state index contributed by atoms with van der Waals surface area (Å²) >= 11 is 0. The number of carboxylic acid groups (broad SMARTS) is 1. The van der Waals surface area contributed by atoms with Crippen LogP contribution in [-0.4, -0.2) is 17.1 Å². The van der Waals surface area contributed by atoms with Crippen LogP contribution >= 0.6 is 0 Å². The number of benzene rings is 1. The Morgan fingerprint density at radius 3 is 2.71 bits per heavy atom. The molecule has 0 bridgehead atoms. The molecular formula is C14H17NO2. The Kier molecular flexibility index (Phi) is 2.44. The van der Waals surface area contributed by atoms with Crippen LogP contribution in [0.5, 0.6) is 0 Å². The number of nitrogens with one attached hydrogen (secondary N) is 1. The third-order valence-electron chi connectivity index (χ3n) is 3.79. The van der Waals surface area contributed by atoms with Crippen molar-refractivity contribution in [1.82, 2.24) is 5.32 Å². The molecule has 2 aliphatic rings. The van der Waals surface area contributed by atoms with Crippen LogP contribution in [0.2, 0.25) is 0 Å². The van der Waals surface area contributed by atoms with E-state index in [4.69, 9.17) is 0 Å². The third kappa shape index (κ3) is 1.84. The van der Waals surface area contributed by atoms with Crippen LogP contribution in [-0.2, 0) is 11.2 Å². The van der Waals surface area contributed by atoms with Crippen molar-refractivity contribution < 1.29 is 9.90 Å². The Morgan fingerprint density at radius 2 is 2.06 bits per heavy atom. The number of carbonyl (C=O) groups is 1. The van der Waals surface area contributed by atoms with Crippen molar-refractivity contribution in [1.29, 1.82) is 0 Å². The first-order valence-electron chi connectivity index (χ1n) is 6.27. The molecule has 2 atom stereocenters. The summed E-state index contributed by atoms with van der Waals surface area (Å²) in [5.41, 5.74) is 3.65. The van der Waals surface area contributed by atoms with Crippen molar-refractivity contribution >= 4 is 5.97 Å². The molecule has 1 fully saturated rings. The highest BCUT2D eigenvalue weighted by molar-refractivity contribution is 5.77. The lowest BCUT2D eigenvalue weighted by Gasteiger charge is -2.30. The first-order valence-corrected chi connectivity index (χ1v) is 6.27. The number of carboxylic acids is 1. The predicted molar refractivity (Wildman–Crippen MR) is 65.1 cm³/mol. The molecule has 1 aliphatic carbocycles. The maximum absolute atomic E-state index is 11.3. The lowest BCUT2D eigenvalue weighted by atomic mass is 9.86. The van der Waals surface area contributed by atoms with Gasteiger partial charge in [0.15, 0.2) is 0 Å². The Labute approximate surface area is 101 Å². The van der Waals surface area contributed by atoms with Crippen LogP contribution in [0, 0.1) is 0 Å². The van der Waals surface area contributed by atoms with Gasteiger partial charge < -0.3 is 5.11 Å². The number of rotatable bonds is 2.